The molecular weight excluding hydrogens is 358 g/mol. The molecule has 8 nitrogen and oxygen atoms in total. The van der Waals surface area contributed by atoms with E-state index in [0.29, 0.717) is 13.0 Å². The number of rotatable bonds is 7. The molecule has 1 aliphatic heterocycles. The maximum atomic E-state index is 13.1. The SMILES string of the molecule is CNS(=O)(=O)CCC(C(=O)NO)N1CCC(C)(c2ccc(C)cc2)C1=O. The van der Waals surface area contributed by atoms with Crippen LogP contribution in [0.25, 0.3) is 0 Å². The predicted molar refractivity (Wildman–Crippen MR) is 96.0 cm³/mol. The van der Waals surface area contributed by atoms with Gasteiger partial charge in [0.15, 0.2) is 0 Å². The van der Waals surface area contributed by atoms with Gasteiger partial charge in [0.25, 0.3) is 5.91 Å². The zero-order valence-electron chi connectivity index (χ0n) is 15.2. The lowest BCUT2D eigenvalue weighted by molar-refractivity contribution is -0.143. The van der Waals surface area contributed by atoms with Crippen LogP contribution in [0.1, 0.15) is 30.9 Å². The van der Waals surface area contributed by atoms with Gasteiger partial charge < -0.3 is 4.90 Å². The second-order valence-corrected chi connectivity index (χ2v) is 8.80. The average Bonchev–Trinajstić information content (AvgIpc) is 2.92. The van der Waals surface area contributed by atoms with E-state index in [-0.39, 0.29) is 18.1 Å². The molecule has 0 radical (unpaired) electrons. The maximum Gasteiger partial charge on any atom is 0.266 e. The molecule has 2 unspecified atom stereocenters. The fourth-order valence-corrected chi connectivity index (χ4v) is 3.97. The molecule has 2 rings (SSSR count). The lowest BCUT2D eigenvalue weighted by Crippen LogP contribution is -2.50. The summed E-state index contributed by atoms with van der Waals surface area (Å²) in [6, 6.07) is 6.58. The quantitative estimate of drug-likeness (QED) is 0.463. The monoisotopic (exact) mass is 383 g/mol. The van der Waals surface area contributed by atoms with E-state index in [9.17, 15) is 18.0 Å². The summed E-state index contributed by atoms with van der Waals surface area (Å²) in [5, 5.41) is 9.01. The summed E-state index contributed by atoms with van der Waals surface area (Å²) >= 11 is 0. The van der Waals surface area contributed by atoms with Gasteiger partial charge in [-0.1, -0.05) is 29.8 Å². The third-order valence-corrected chi connectivity index (χ3v) is 6.43. The molecule has 1 saturated heterocycles. The second kappa shape index (κ2) is 7.73. The summed E-state index contributed by atoms with van der Waals surface area (Å²) in [6.45, 7) is 4.08. The van der Waals surface area contributed by atoms with E-state index in [1.54, 1.807) is 5.48 Å². The highest BCUT2D eigenvalue weighted by Crippen LogP contribution is 2.37. The Kier molecular flexibility index (Phi) is 6.05. The highest BCUT2D eigenvalue weighted by molar-refractivity contribution is 7.89. The topological polar surface area (TPSA) is 116 Å². The molecule has 0 saturated carbocycles. The van der Waals surface area contributed by atoms with Crippen LogP contribution in [0, 0.1) is 6.92 Å². The third kappa shape index (κ3) is 4.05. The van der Waals surface area contributed by atoms with E-state index < -0.39 is 27.4 Å². The van der Waals surface area contributed by atoms with Gasteiger partial charge in [-0.25, -0.2) is 18.6 Å². The zero-order valence-corrected chi connectivity index (χ0v) is 16.0. The van der Waals surface area contributed by atoms with Crippen molar-refractivity contribution >= 4 is 21.8 Å². The number of hydrogen-bond acceptors (Lipinski definition) is 5. The first-order valence-electron chi connectivity index (χ1n) is 8.38. The number of sulfonamides is 1. The van der Waals surface area contributed by atoms with Gasteiger partial charge in [0.1, 0.15) is 6.04 Å². The Morgan fingerprint density at radius 1 is 1.35 bits per heavy atom. The minimum absolute atomic E-state index is 0.106. The lowest BCUT2D eigenvalue weighted by atomic mass is 9.81. The molecule has 1 fully saturated rings. The van der Waals surface area contributed by atoms with Gasteiger partial charge in [0.2, 0.25) is 15.9 Å². The summed E-state index contributed by atoms with van der Waals surface area (Å²) in [7, 11) is -2.25. The number of hydrogen-bond donors (Lipinski definition) is 3. The van der Waals surface area contributed by atoms with Gasteiger partial charge in [-0.15, -0.1) is 0 Å². The van der Waals surface area contributed by atoms with Crippen LogP contribution in [0.15, 0.2) is 24.3 Å². The van der Waals surface area contributed by atoms with Gasteiger partial charge in [-0.2, -0.15) is 0 Å². The van der Waals surface area contributed by atoms with E-state index in [1.807, 2.05) is 38.1 Å². The first kappa shape index (κ1) is 20.3. The number of aryl methyl sites for hydroxylation is 1. The fraction of sp³-hybridized carbons (Fsp3) is 0.529. The highest BCUT2D eigenvalue weighted by atomic mass is 32.2. The molecule has 9 heteroatoms. The Balaban J connectivity index is 2.26. The lowest BCUT2D eigenvalue weighted by Gasteiger charge is -2.29. The number of hydroxylamine groups is 1. The van der Waals surface area contributed by atoms with Crippen molar-refractivity contribution in [3.8, 4) is 0 Å². The Bertz CT molecular complexity index is 778. The number of nitrogens with one attached hydrogen (secondary N) is 2. The summed E-state index contributed by atoms with van der Waals surface area (Å²) in [5.74, 6) is -1.37. The molecule has 2 amide bonds. The number of likely N-dealkylation sites (tertiary alicyclic amines) is 1. The standard InChI is InChI=1S/C17H25N3O5S/c1-12-4-6-13(7-5-12)17(2)9-10-20(16(17)22)14(15(21)19-23)8-11-26(24,25)18-3/h4-7,14,18,23H,8-11H2,1-3H3,(H,19,21). The van der Waals surface area contributed by atoms with Crippen molar-refractivity contribution in [2.45, 2.75) is 38.1 Å². The normalized spacial score (nSPS) is 21.7. The summed E-state index contributed by atoms with van der Waals surface area (Å²) in [5.41, 5.74) is 2.68. The molecule has 0 aliphatic carbocycles. The third-order valence-electron chi connectivity index (χ3n) is 5.03. The van der Waals surface area contributed by atoms with Crippen molar-refractivity contribution in [2.75, 3.05) is 19.3 Å². The Labute approximate surface area is 153 Å². The molecule has 0 bridgehead atoms. The largest absolute Gasteiger partial charge is 0.330 e. The molecule has 1 aliphatic rings. The molecular formula is C17H25N3O5S. The minimum atomic E-state index is -3.54. The number of nitrogens with zero attached hydrogens (tertiary/aromatic N) is 1. The summed E-state index contributed by atoms with van der Waals surface area (Å²) in [4.78, 5) is 26.5. The van der Waals surface area contributed by atoms with Crippen molar-refractivity contribution in [3.63, 3.8) is 0 Å². The first-order chi connectivity index (χ1) is 12.1. The van der Waals surface area contributed by atoms with Crippen LogP contribution < -0.4 is 10.2 Å². The van der Waals surface area contributed by atoms with Crippen LogP contribution >= 0.6 is 0 Å². The van der Waals surface area contributed by atoms with Crippen molar-refractivity contribution in [2.24, 2.45) is 0 Å². The number of carbonyl (C=O) groups is 2. The van der Waals surface area contributed by atoms with Gasteiger partial charge >= 0.3 is 0 Å². The van der Waals surface area contributed by atoms with Crippen LogP contribution in [0.3, 0.4) is 0 Å². The molecule has 26 heavy (non-hydrogen) atoms. The van der Waals surface area contributed by atoms with Crippen LogP contribution in [0.2, 0.25) is 0 Å². The van der Waals surface area contributed by atoms with Crippen molar-refractivity contribution < 1.29 is 23.2 Å². The van der Waals surface area contributed by atoms with Crippen molar-refractivity contribution in [1.29, 1.82) is 0 Å². The van der Waals surface area contributed by atoms with Crippen LogP contribution in [-0.4, -0.2) is 55.7 Å². The maximum absolute atomic E-state index is 13.1. The smallest absolute Gasteiger partial charge is 0.266 e. The second-order valence-electron chi connectivity index (χ2n) is 6.75. The molecule has 1 heterocycles. The summed E-state index contributed by atoms with van der Waals surface area (Å²) in [6.07, 6.45) is 0.397. The zero-order chi connectivity index (χ0) is 19.5. The van der Waals surface area contributed by atoms with Crippen LogP contribution in [-0.2, 0) is 25.0 Å². The van der Waals surface area contributed by atoms with Gasteiger partial charge in [0, 0.05) is 6.54 Å². The molecule has 3 N–H and O–H groups in total. The van der Waals surface area contributed by atoms with E-state index in [0.717, 1.165) is 11.1 Å². The molecule has 0 aromatic heterocycles. The Morgan fingerprint density at radius 2 is 1.96 bits per heavy atom. The molecule has 2 atom stereocenters. The number of benzene rings is 1. The van der Waals surface area contributed by atoms with Crippen LogP contribution in [0.5, 0.6) is 0 Å². The molecule has 1 aromatic rings. The molecule has 144 valence electrons. The summed E-state index contributed by atoms with van der Waals surface area (Å²) < 4.78 is 25.5. The Morgan fingerprint density at radius 3 is 2.50 bits per heavy atom. The van der Waals surface area contributed by atoms with E-state index >= 15 is 0 Å². The molecule has 1 aromatic carbocycles. The number of amides is 2. The van der Waals surface area contributed by atoms with Crippen molar-refractivity contribution in [3.05, 3.63) is 35.4 Å². The van der Waals surface area contributed by atoms with Gasteiger partial charge in [-0.05, 0) is 39.3 Å². The predicted octanol–water partition coefficient (Wildman–Crippen LogP) is 0.298. The van der Waals surface area contributed by atoms with Gasteiger partial charge in [0.05, 0.1) is 11.2 Å². The fourth-order valence-electron chi connectivity index (χ4n) is 3.23. The Hall–Kier alpha value is -1.97. The minimum Gasteiger partial charge on any atom is -0.330 e. The van der Waals surface area contributed by atoms with Gasteiger partial charge in [-0.3, -0.25) is 14.8 Å². The first-order valence-corrected chi connectivity index (χ1v) is 10.0. The highest BCUT2D eigenvalue weighted by Gasteiger charge is 2.47. The van der Waals surface area contributed by atoms with Crippen molar-refractivity contribution in [1.82, 2.24) is 15.1 Å². The van der Waals surface area contributed by atoms with E-state index in [4.69, 9.17) is 5.21 Å². The van der Waals surface area contributed by atoms with E-state index in [1.165, 1.54) is 11.9 Å². The van der Waals surface area contributed by atoms with Crippen LogP contribution in [0.4, 0.5) is 0 Å². The molecule has 0 spiro atoms. The van der Waals surface area contributed by atoms with E-state index in [2.05, 4.69) is 4.72 Å². The number of carbonyl (C=O) groups excluding carboxylic acids is 2. The average molecular weight is 383 g/mol.